The average Bonchev–Trinajstić information content (AvgIpc) is 2.74. The van der Waals surface area contributed by atoms with E-state index in [1.54, 1.807) is 30.6 Å². The van der Waals surface area contributed by atoms with Gasteiger partial charge in [0.15, 0.2) is 0 Å². The van der Waals surface area contributed by atoms with Gasteiger partial charge in [-0.2, -0.15) is 0 Å². The number of fused-ring (bicyclic) bond motifs is 1. The molecule has 8 heteroatoms. The van der Waals surface area contributed by atoms with Crippen LogP contribution in [-0.2, 0) is 6.54 Å². The number of aromatic nitrogens is 5. The van der Waals surface area contributed by atoms with Gasteiger partial charge in [0.25, 0.3) is 5.56 Å². The van der Waals surface area contributed by atoms with E-state index in [0.29, 0.717) is 34.4 Å². The van der Waals surface area contributed by atoms with Crippen LogP contribution in [0.2, 0.25) is 0 Å². The zero-order chi connectivity index (χ0) is 19.7. The molecule has 0 aromatic carbocycles. The molecule has 8 nitrogen and oxygen atoms in total. The molecule has 0 amide bonds. The fourth-order valence-electron chi connectivity index (χ4n) is 2.92. The van der Waals surface area contributed by atoms with Crippen LogP contribution in [0.15, 0.2) is 60.0 Å². The van der Waals surface area contributed by atoms with E-state index in [-0.39, 0.29) is 11.3 Å². The Labute approximate surface area is 159 Å². The Balaban J connectivity index is 2.00. The van der Waals surface area contributed by atoms with E-state index in [0.717, 1.165) is 5.56 Å². The number of rotatable bonds is 4. The molecule has 4 heterocycles. The van der Waals surface area contributed by atoms with Gasteiger partial charge in [0.1, 0.15) is 11.2 Å². The van der Waals surface area contributed by atoms with Crippen LogP contribution in [0.1, 0.15) is 17.4 Å². The lowest BCUT2D eigenvalue weighted by molar-refractivity contribution is 0.0690. The molecule has 0 aliphatic heterocycles. The van der Waals surface area contributed by atoms with Gasteiger partial charge in [-0.15, -0.1) is 0 Å². The second-order valence-electron chi connectivity index (χ2n) is 6.07. The van der Waals surface area contributed by atoms with Crippen molar-refractivity contribution in [2.24, 2.45) is 0 Å². The van der Waals surface area contributed by atoms with Gasteiger partial charge in [-0.25, -0.2) is 19.7 Å². The summed E-state index contributed by atoms with van der Waals surface area (Å²) in [6.45, 7) is 2.37. The van der Waals surface area contributed by atoms with E-state index >= 15 is 0 Å². The predicted molar refractivity (Wildman–Crippen MR) is 103 cm³/mol. The van der Waals surface area contributed by atoms with E-state index in [4.69, 9.17) is 5.11 Å². The summed E-state index contributed by atoms with van der Waals surface area (Å²) in [6.07, 6.45) is 6.25. The number of nitrogens with zero attached hydrogens (tertiary/aromatic N) is 5. The summed E-state index contributed by atoms with van der Waals surface area (Å²) in [5.74, 6) is -1.11. The van der Waals surface area contributed by atoms with E-state index in [9.17, 15) is 9.59 Å². The molecule has 0 radical (unpaired) electrons. The van der Waals surface area contributed by atoms with Gasteiger partial charge in [0.05, 0.1) is 23.1 Å². The van der Waals surface area contributed by atoms with Gasteiger partial charge >= 0.3 is 5.97 Å². The fourth-order valence-corrected chi connectivity index (χ4v) is 2.92. The highest BCUT2D eigenvalue weighted by molar-refractivity contribution is 5.93. The van der Waals surface area contributed by atoms with Crippen LogP contribution in [0.4, 0.5) is 0 Å². The maximum Gasteiger partial charge on any atom is 0.354 e. The summed E-state index contributed by atoms with van der Waals surface area (Å²) < 4.78 is 1.52. The molecule has 0 unspecified atom stereocenters. The highest BCUT2D eigenvalue weighted by Crippen LogP contribution is 2.28. The fraction of sp³-hybridized carbons (Fsp3) is 0.100. The third-order valence-corrected chi connectivity index (χ3v) is 4.36. The van der Waals surface area contributed by atoms with Crippen LogP contribution in [0, 0.1) is 0 Å². The molecule has 138 valence electrons. The largest absolute Gasteiger partial charge is 0.477 e. The maximum atomic E-state index is 12.9. The Hall–Kier alpha value is -3.94. The first-order chi connectivity index (χ1) is 13.6. The monoisotopic (exact) mass is 373 g/mol. The van der Waals surface area contributed by atoms with Gasteiger partial charge in [-0.3, -0.25) is 14.3 Å². The Bertz CT molecular complexity index is 1230. The summed E-state index contributed by atoms with van der Waals surface area (Å²) in [5, 5.41) is 9.46. The number of carboxylic acid groups (broad SMARTS) is 1. The molecule has 0 spiro atoms. The number of aromatic carboxylic acids is 1. The molecule has 0 fully saturated rings. The molecule has 0 saturated heterocycles. The molecule has 0 aliphatic rings. The number of hydrogen-bond donors (Lipinski definition) is 1. The van der Waals surface area contributed by atoms with Gasteiger partial charge in [-0.05, 0) is 37.3 Å². The van der Waals surface area contributed by atoms with Crippen molar-refractivity contribution in [1.82, 2.24) is 24.5 Å². The van der Waals surface area contributed by atoms with Crippen molar-refractivity contribution in [2.75, 3.05) is 0 Å². The van der Waals surface area contributed by atoms with Crippen molar-refractivity contribution in [3.05, 3.63) is 71.3 Å². The first-order valence-corrected chi connectivity index (χ1v) is 8.58. The zero-order valence-electron chi connectivity index (χ0n) is 14.9. The normalized spacial score (nSPS) is 10.9. The maximum absolute atomic E-state index is 12.9. The van der Waals surface area contributed by atoms with Crippen LogP contribution >= 0.6 is 0 Å². The smallest absolute Gasteiger partial charge is 0.354 e. The Kier molecular flexibility index (Phi) is 4.36. The van der Waals surface area contributed by atoms with Gasteiger partial charge in [0, 0.05) is 36.3 Å². The molecular formula is C20H15N5O3. The highest BCUT2D eigenvalue weighted by Gasteiger charge is 2.15. The van der Waals surface area contributed by atoms with Crippen molar-refractivity contribution in [2.45, 2.75) is 13.5 Å². The van der Waals surface area contributed by atoms with Crippen LogP contribution < -0.4 is 5.56 Å². The predicted octanol–water partition coefficient (Wildman–Crippen LogP) is 2.63. The summed E-state index contributed by atoms with van der Waals surface area (Å²) in [6, 6.07) is 8.31. The minimum absolute atomic E-state index is 0.0629. The zero-order valence-corrected chi connectivity index (χ0v) is 14.9. The molecule has 1 N–H and O–H groups in total. The SMILES string of the molecule is CCn1cnc2c(-c3cccnc3)nc(-c3ccc(C(=O)O)nc3)cc2c1=O. The first-order valence-electron chi connectivity index (χ1n) is 8.58. The number of carboxylic acids is 1. The molecular weight excluding hydrogens is 358 g/mol. The van der Waals surface area contributed by atoms with Crippen molar-refractivity contribution in [3.63, 3.8) is 0 Å². The minimum atomic E-state index is -1.11. The van der Waals surface area contributed by atoms with Crippen LogP contribution in [0.25, 0.3) is 33.4 Å². The number of aryl methyl sites for hydroxylation is 1. The number of carbonyl (C=O) groups is 1. The van der Waals surface area contributed by atoms with Crippen molar-refractivity contribution in [3.8, 4) is 22.5 Å². The number of hydrogen-bond acceptors (Lipinski definition) is 6. The van der Waals surface area contributed by atoms with Crippen LogP contribution in [0.3, 0.4) is 0 Å². The quantitative estimate of drug-likeness (QED) is 0.585. The third-order valence-electron chi connectivity index (χ3n) is 4.36. The van der Waals surface area contributed by atoms with Crippen molar-refractivity contribution in [1.29, 1.82) is 0 Å². The van der Waals surface area contributed by atoms with Crippen molar-refractivity contribution >= 4 is 16.9 Å². The van der Waals surface area contributed by atoms with Gasteiger partial charge in [-0.1, -0.05) is 0 Å². The molecule has 0 saturated carbocycles. The first kappa shape index (κ1) is 17.5. The lowest BCUT2D eigenvalue weighted by Gasteiger charge is -2.10. The van der Waals surface area contributed by atoms with E-state index in [1.165, 1.54) is 23.2 Å². The summed E-state index contributed by atoms with van der Waals surface area (Å²) in [5.41, 5.74) is 2.62. The second kappa shape index (κ2) is 6.99. The topological polar surface area (TPSA) is 111 Å². The summed E-state index contributed by atoms with van der Waals surface area (Å²) >= 11 is 0. The van der Waals surface area contributed by atoms with E-state index < -0.39 is 5.97 Å². The Morgan fingerprint density at radius 3 is 2.64 bits per heavy atom. The minimum Gasteiger partial charge on any atom is -0.477 e. The molecule has 4 aromatic rings. The van der Waals surface area contributed by atoms with E-state index in [1.807, 2.05) is 13.0 Å². The average molecular weight is 373 g/mol. The summed E-state index contributed by atoms with van der Waals surface area (Å²) in [4.78, 5) is 41.1. The molecule has 28 heavy (non-hydrogen) atoms. The second-order valence-corrected chi connectivity index (χ2v) is 6.07. The van der Waals surface area contributed by atoms with Crippen LogP contribution in [-0.4, -0.2) is 35.6 Å². The highest BCUT2D eigenvalue weighted by atomic mass is 16.4. The summed E-state index contributed by atoms with van der Waals surface area (Å²) in [7, 11) is 0. The molecule has 0 aliphatic carbocycles. The van der Waals surface area contributed by atoms with E-state index in [2.05, 4.69) is 19.9 Å². The van der Waals surface area contributed by atoms with Gasteiger partial charge < -0.3 is 5.11 Å². The molecule has 4 rings (SSSR count). The Morgan fingerprint density at radius 1 is 1.14 bits per heavy atom. The molecule has 0 bridgehead atoms. The third kappa shape index (κ3) is 3.01. The molecule has 4 aromatic heterocycles. The lowest BCUT2D eigenvalue weighted by Crippen LogP contribution is -2.20. The standard InChI is InChI=1S/C20H15N5O3/c1-2-25-11-23-18-14(19(25)26)8-16(12-5-6-15(20(27)28)22-10-12)24-17(18)13-4-3-7-21-9-13/h3-11H,2H2,1H3,(H,27,28). The Morgan fingerprint density at radius 2 is 2.00 bits per heavy atom. The van der Waals surface area contributed by atoms with Crippen molar-refractivity contribution < 1.29 is 9.90 Å². The number of pyridine rings is 3. The molecule has 0 atom stereocenters. The van der Waals surface area contributed by atoms with Crippen LogP contribution in [0.5, 0.6) is 0 Å². The van der Waals surface area contributed by atoms with Gasteiger partial charge in [0.2, 0.25) is 0 Å². The lowest BCUT2D eigenvalue weighted by atomic mass is 10.1.